The molecule has 0 saturated carbocycles. The molecule has 8 nitrogen and oxygen atoms in total. The normalized spacial score (nSPS) is 10.9. The average Bonchev–Trinajstić information content (AvgIpc) is 2.70. The lowest BCUT2D eigenvalue weighted by Gasteiger charge is -2.25. The number of benzene rings is 2. The Morgan fingerprint density at radius 1 is 0.931 bits per heavy atom. The van der Waals surface area contributed by atoms with Gasteiger partial charge < -0.3 is 19.1 Å². The van der Waals surface area contributed by atoms with Crippen molar-refractivity contribution in [3.05, 3.63) is 48.0 Å². The Labute approximate surface area is 171 Å². The molecule has 2 rings (SSSR count). The molecule has 0 atom stereocenters. The number of rotatable bonds is 9. The summed E-state index contributed by atoms with van der Waals surface area (Å²) in [6.07, 6.45) is 1.07. The van der Waals surface area contributed by atoms with Crippen LogP contribution in [0.5, 0.6) is 17.2 Å². The van der Waals surface area contributed by atoms with Gasteiger partial charge in [-0.1, -0.05) is 6.07 Å². The van der Waals surface area contributed by atoms with Gasteiger partial charge in [0.15, 0.2) is 11.5 Å². The smallest absolute Gasteiger partial charge is 0.243 e. The molecule has 2 aromatic rings. The van der Waals surface area contributed by atoms with Gasteiger partial charge in [-0.25, -0.2) is 8.42 Å². The predicted molar refractivity (Wildman–Crippen MR) is 111 cm³/mol. The fourth-order valence-corrected chi connectivity index (χ4v) is 3.58. The number of carbonyl (C=O) groups is 1. The fraction of sp³-hybridized carbons (Fsp3) is 0.350. The van der Waals surface area contributed by atoms with Gasteiger partial charge in [-0.3, -0.25) is 9.10 Å². The summed E-state index contributed by atoms with van der Waals surface area (Å²) in [5, 5.41) is 0. The summed E-state index contributed by atoms with van der Waals surface area (Å²) < 4.78 is 41.2. The maximum Gasteiger partial charge on any atom is 0.243 e. The molecule has 1 amide bonds. The third-order valence-corrected chi connectivity index (χ3v) is 5.47. The Balaban J connectivity index is 2.16. The van der Waals surface area contributed by atoms with Crippen LogP contribution in [0.2, 0.25) is 0 Å². The highest BCUT2D eigenvalue weighted by atomic mass is 32.2. The maximum absolute atomic E-state index is 12.7. The third kappa shape index (κ3) is 5.77. The molecule has 0 bridgehead atoms. The molecule has 0 aliphatic rings. The molecule has 0 N–H and O–H groups in total. The first-order valence-electron chi connectivity index (χ1n) is 8.76. The Kier molecular flexibility index (Phi) is 7.33. The molecule has 0 aliphatic heterocycles. The molecule has 29 heavy (non-hydrogen) atoms. The number of methoxy groups -OCH3 is 3. The Hall–Kier alpha value is -2.94. The van der Waals surface area contributed by atoms with Crippen LogP contribution in [-0.4, -0.2) is 60.4 Å². The van der Waals surface area contributed by atoms with E-state index in [2.05, 4.69) is 0 Å². The van der Waals surface area contributed by atoms with E-state index in [1.807, 2.05) is 6.07 Å². The molecular formula is C20H26N2O6S. The average molecular weight is 423 g/mol. The molecule has 0 aromatic heterocycles. The second kappa shape index (κ2) is 9.51. The van der Waals surface area contributed by atoms with Crippen LogP contribution < -0.4 is 18.5 Å². The first-order chi connectivity index (χ1) is 13.7. The summed E-state index contributed by atoms with van der Waals surface area (Å²) in [4.78, 5) is 14.2. The van der Waals surface area contributed by atoms with Crippen LogP contribution in [0.1, 0.15) is 5.56 Å². The molecular weight excluding hydrogens is 396 g/mol. The highest BCUT2D eigenvalue weighted by Gasteiger charge is 2.23. The lowest BCUT2D eigenvalue weighted by atomic mass is 10.2. The zero-order chi connectivity index (χ0) is 21.6. The van der Waals surface area contributed by atoms with Gasteiger partial charge in [0, 0.05) is 13.6 Å². The summed E-state index contributed by atoms with van der Waals surface area (Å²) in [5.74, 6) is 1.40. The highest BCUT2D eigenvalue weighted by molar-refractivity contribution is 7.92. The molecule has 0 spiro atoms. The summed E-state index contributed by atoms with van der Waals surface area (Å²) in [5.41, 5.74) is 1.22. The van der Waals surface area contributed by atoms with Gasteiger partial charge in [0.25, 0.3) is 0 Å². The van der Waals surface area contributed by atoms with Gasteiger partial charge >= 0.3 is 0 Å². The molecule has 9 heteroatoms. The number of ether oxygens (including phenoxy) is 3. The van der Waals surface area contributed by atoms with Crippen molar-refractivity contribution in [1.29, 1.82) is 0 Å². The molecule has 0 radical (unpaired) electrons. The molecule has 2 aromatic carbocycles. The number of carbonyl (C=O) groups excluding carboxylic acids is 1. The third-order valence-electron chi connectivity index (χ3n) is 4.33. The first-order valence-corrected chi connectivity index (χ1v) is 10.6. The van der Waals surface area contributed by atoms with Crippen LogP contribution in [0.15, 0.2) is 42.5 Å². The number of hydrogen-bond donors (Lipinski definition) is 0. The van der Waals surface area contributed by atoms with Crippen molar-refractivity contribution >= 4 is 21.6 Å². The van der Waals surface area contributed by atoms with E-state index < -0.39 is 10.0 Å². The largest absolute Gasteiger partial charge is 0.497 e. The minimum Gasteiger partial charge on any atom is -0.497 e. The Bertz CT molecular complexity index is 944. The minimum atomic E-state index is -3.65. The number of hydrogen-bond acceptors (Lipinski definition) is 6. The minimum absolute atomic E-state index is 0.291. The van der Waals surface area contributed by atoms with E-state index >= 15 is 0 Å². The fourth-order valence-electron chi connectivity index (χ4n) is 2.73. The standard InChI is InChI=1S/C20H26N2O6S/c1-21(13-15-6-11-18(27-3)19(12-15)28-4)20(23)14-22(29(5,24)25)16-7-9-17(26-2)10-8-16/h6-12H,13-14H2,1-5H3. The Morgan fingerprint density at radius 2 is 1.55 bits per heavy atom. The van der Waals surface area contributed by atoms with Crippen LogP contribution in [0.25, 0.3) is 0 Å². The number of nitrogens with zero attached hydrogens (tertiary/aromatic N) is 2. The highest BCUT2D eigenvalue weighted by Crippen LogP contribution is 2.28. The van der Waals surface area contributed by atoms with E-state index in [1.54, 1.807) is 50.6 Å². The number of likely N-dealkylation sites (N-methyl/N-ethyl adjacent to an activating group) is 1. The lowest BCUT2D eigenvalue weighted by Crippen LogP contribution is -2.41. The van der Waals surface area contributed by atoms with Crippen molar-refractivity contribution in [2.45, 2.75) is 6.54 Å². The molecule has 0 fully saturated rings. The topological polar surface area (TPSA) is 85.4 Å². The Morgan fingerprint density at radius 3 is 2.07 bits per heavy atom. The molecule has 0 unspecified atom stereocenters. The van der Waals surface area contributed by atoms with Crippen molar-refractivity contribution in [3.8, 4) is 17.2 Å². The monoisotopic (exact) mass is 422 g/mol. The zero-order valence-corrected chi connectivity index (χ0v) is 18.0. The van der Waals surface area contributed by atoms with Crippen molar-refractivity contribution < 1.29 is 27.4 Å². The predicted octanol–water partition coefficient (Wildman–Crippen LogP) is 2.14. The van der Waals surface area contributed by atoms with Crippen LogP contribution in [-0.2, 0) is 21.4 Å². The van der Waals surface area contributed by atoms with Gasteiger partial charge in [0.2, 0.25) is 15.9 Å². The number of amides is 1. The van der Waals surface area contributed by atoms with Crippen molar-refractivity contribution in [2.24, 2.45) is 0 Å². The van der Waals surface area contributed by atoms with Crippen LogP contribution in [0, 0.1) is 0 Å². The molecule has 158 valence electrons. The van der Waals surface area contributed by atoms with E-state index in [4.69, 9.17) is 14.2 Å². The summed E-state index contributed by atoms with van der Waals surface area (Å²) >= 11 is 0. The SMILES string of the molecule is COc1ccc(N(CC(=O)N(C)Cc2ccc(OC)c(OC)c2)S(C)(=O)=O)cc1. The molecule has 0 aliphatic carbocycles. The number of anilines is 1. The van der Waals surface area contributed by atoms with Crippen LogP contribution in [0.3, 0.4) is 0 Å². The van der Waals surface area contributed by atoms with Crippen molar-refractivity contribution in [3.63, 3.8) is 0 Å². The first kappa shape index (κ1) is 22.4. The van der Waals surface area contributed by atoms with Gasteiger partial charge in [-0.2, -0.15) is 0 Å². The summed E-state index contributed by atoms with van der Waals surface area (Å²) in [6.45, 7) is -0.0195. The second-order valence-corrected chi connectivity index (χ2v) is 8.31. The van der Waals surface area contributed by atoms with Crippen molar-refractivity contribution in [2.75, 3.05) is 45.5 Å². The quantitative estimate of drug-likeness (QED) is 0.616. The van der Waals surface area contributed by atoms with Gasteiger partial charge in [-0.15, -0.1) is 0 Å². The van der Waals surface area contributed by atoms with E-state index in [1.165, 1.54) is 19.1 Å². The van der Waals surface area contributed by atoms with Crippen LogP contribution >= 0.6 is 0 Å². The summed E-state index contributed by atoms with van der Waals surface area (Å²) in [7, 11) is 2.58. The summed E-state index contributed by atoms with van der Waals surface area (Å²) in [6, 6.07) is 11.8. The molecule has 0 heterocycles. The second-order valence-electron chi connectivity index (χ2n) is 6.41. The van der Waals surface area contributed by atoms with Crippen molar-refractivity contribution in [1.82, 2.24) is 4.90 Å². The van der Waals surface area contributed by atoms with E-state index in [-0.39, 0.29) is 12.5 Å². The maximum atomic E-state index is 12.7. The van der Waals surface area contributed by atoms with E-state index in [0.717, 1.165) is 16.1 Å². The lowest BCUT2D eigenvalue weighted by molar-refractivity contribution is -0.128. The van der Waals surface area contributed by atoms with Crippen LogP contribution in [0.4, 0.5) is 5.69 Å². The van der Waals surface area contributed by atoms with Gasteiger partial charge in [0.1, 0.15) is 12.3 Å². The van der Waals surface area contributed by atoms with E-state index in [0.29, 0.717) is 29.5 Å². The zero-order valence-electron chi connectivity index (χ0n) is 17.2. The van der Waals surface area contributed by atoms with Gasteiger partial charge in [-0.05, 0) is 42.0 Å². The molecule has 0 saturated heterocycles. The number of sulfonamides is 1. The van der Waals surface area contributed by atoms with E-state index in [9.17, 15) is 13.2 Å². The van der Waals surface area contributed by atoms with Gasteiger partial charge in [0.05, 0.1) is 33.3 Å².